The smallest absolute Gasteiger partial charge is 0.349 e. The second-order valence-electron chi connectivity index (χ2n) is 6.28. The van der Waals surface area contributed by atoms with Crippen molar-refractivity contribution in [1.82, 2.24) is 5.32 Å². The first kappa shape index (κ1) is 20.9. The fourth-order valence-corrected chi connectivity index (χ4v) is 3.00. The third-order valence-electron chi connectivity index (χ3n) is 4.35. The summed E-state index contributed by atoms with van der Waals surface area (Å²) in [6, 6.07) is -0.534. The lowest BCUT2D eigenvalue weighted by molar-refractivity contribution is -0.143. The van der Waals surface area contributed by atoms with E-state index in [9.17, 15) is 31.1 Å². The van der Waals surface area contributed by atoms with E-state index in [1.807, 2.05) is 0 Å². The molecule has 0 aliphatic heterocycles. The van der Waals surface area contributed by atoms with Gasteiger partial charge in [-0.05, 0) is 36.6 Å². The monoisotopic (exact) mass is 394 g/mol. The van der Waals surface area contributed by atoms with Crippen LogP contribution in [0.4, 0.5) is 26.3 Å². The highest BCUT2D eigenvalue weighted by molar-refractivity contribution is 5.95. The number of hydrogen-bond donors (Lipinski definition) is 1. The first-order valence-electron chi connectivity index (χ1n) is 8.17. The third kappa shape index (κ3) is 5.53. The summed E-state index contributed by atoms with van der Waals surface area (Å²) in [6.45, 7) is 0. The van der Waals surface area contributed by atoms with Crippen LogP contribution in [0.25, 0.3) is 10.4 Å². The summed E-state index contributed by atoms with van der Waals surface area (Å²) in [7, 11) is 0. The number of azide groups is 1. The van der Waals surface area contributed by atoms with Gasteiger partial charge in [0.2, 0.25) is 0 Å². The van der Waals surface area contributed by atoms with E-state index in [1.54, 1.807) is 0 Å². The van der Waals surface area contributed by atoms with Crippen LogP contribution in [0.1, 0.15) is 53.6 Å². The molecule has 1 fully saturated rings. The lowest BCUT2D eigenvalue weighted by atomic mass is 10.0. The molecule has 0 unspecified atom stereocenters. The summed E-state index contributed by atoms with van der Waals surface area (Å²) in [4.78, 5) is 15.1. The van der Waals surface area contributed by atoms with E-state index < -0.39 is 47.0 Å². The molecule has 0 radical (unpaired) electrons. The fourth-order valence-electron chi connectivity index (χ4n) is 3.00. The number of halogens is 6. The van der Waals surface area contributed by atoms with Crippen molar-refractivity contribution < 1.29 is 31.1 Å². The first-order chi connectivity index (χ1) is 12.5. The summed E-state index contributed by atoms with van der Waals surface area (Å²) < 4.78 is 77.5. The molecule has 2 rings (SSSR count). The normalized spacial score (nSPS) is 21.1. The molecule has 1 N–H and O–H groups in total. The zero-order valence-electron chi connectivity index (χ0n) is 13.9. The molecule has 5 nitrogen and oxygen atoms in total. The second-order valence-corrected chi connectivity index (χ2v) is 6.28. The minimum Gasteiger partial charge on any atom is -0.349 e. The Labute approximate surface area is 150 Å². The van der Waals surface area contributed by atoms with Crippen molar-refractivity contribution in [3.63, 3.8) is 0 Å². The summed E-state index contributed by atoms with van der Waals surface area (Å²) in [5.41, 5.74) is 4.76. The number of carbonyl (C=O) groups excluding carboxylic acids is 1. The van der Waals surface area contributed by atoms with E-state index in [0.717, 1.165) is 12.8 Å². The zero-order valence-corrected chi connectivity index (χ0v) is 13.9. The van der Waals surface area contributed by atoms with Crippen molar-refractivity contribution in [3.05, 3.63) is 45.3 Å². The van der Waals surface area contributed by atoms with Crippen molar-refractivity contribution >= 4 is 5.91 Å². The molecule has 0 aromatic heterocycles. The molecular weight excluding hydrogens is 378 g/mol. The van der Waals surface area contributed by atoms with Crippen molar-refractivity contribution in [2.75, 3.05) is 0 Å². The van der Waals surface area contributed by atoms with E-state index >= 15 is 0 Å². The van der Waals surface area contributed by atoms with Crippen LogP contribution >= 0.6 is 0 Å². The van der Waals surface area contributed by atoms with Crippen molar-refractivity contribution in [2.24, 2.45) is 5.11 Å². The van der Waals surface area contributed by atoms with Gasteiger partial charge in [-0.3, -0.25) is 4.79 Å². The summed E-state index contributed by atoms with van der Waals surface area (Å²) >= 11 is 0. The van der Waals surface area contributed by atoms with Crippen molar-refractivity contribution in [2.45, 2.75) is 56.5 Å². The van der Waals surface area contributed by atoms with E-state index in [0.29, 0.717) is 31.4 Å². The van der Waals surface area contributed by atoms with Crippen molar-refractivity contribution in [1.29, 1.82) is 0 Å². The summed E-state index contributed by atoms with van der Waals surface area (Å²) in [5, 5.41) is 6.02. The van der Waals surface area contributed by atoms with E-state index in [1.165, 1.54) is 0 Å². The van der Waals surface area contributed by atoms with Crippen LogP contribution in [-0.2, 0) is 12.4 Å². The molecule has 0 saturated heterocycles. The molecule has 0 heterocycles. The average Bonchev–Trinajstić information content (AvgIpc) is 2.79. The number of nitrogens with one attached hydrogen (secondary N) is 1. The summed E-state index contributed by atoms with van der Waals surface area (Å²) in [6.07, 6.45) is -6.91. The van der Waals surface area contributed by atoms with Crippen LogP contribution in [0, 0.1) is 0 Å². The first-order valence-corrected chi connectivity index (χ1v) is 8.17. The van der Waals surface area contributed by atoms with Crippen LogP contribution in [0.5, 0.6) is 0 Å². The van der Waals surface area contributed by atoms with Gasteiger partial charge in [0.1, 0.15) is 0 Å². The Morgan fingerprint density at radius 2 is 1.56 bits per heavy atom. The maximum atomic E-state index is 12.9. The Morgan fingerprint density at radius 1 is 1.00 bits per heavy atom. The van der Waals surface area contributed by atoms with Gasteiger partial charge in [-0.1, -0.05) is 24.4 Å². The van der Waals surface area contributed by atoms with Crippen LogP contribution in [0.2, 0.25) is 0 Å². The molecule has 1 aliphatic carbocycles. The molecule has 1 aliphatic rings. The highest BCUT2D eigenvalue weighted by Gasteiger charge is 2.37. The van der Waals surface area contributed by atoms with Crippen LogP contribution in [0.15, 0.2) is 23.3 Å². The number of carbonyl (C=O) groups is 1. The Kier molecular flexibility index (Phi) is 6.25. The molecular formula is C16H16F6N4O. The molecule has 2 atom stereocenters. The van der Waals surface area contributed by atoms with Crippen molar-refractivity contribution in [3.8, 4) is 0 Å². The Bertz CT molecular complexity index is 707. The number of alkyl halides is 6. The molecule has 1 aromatic carbocycles. The van der Waals surface area contributed by atoms with Gasteiger partial charge in [0.15, 0.2) is 0 Å². The lowest BCUT2D eigenvalue weighted by Crippen LogP contribution is -2.42. The highest BCUT2D eigenvalue weighted by Crippen LogP contribution is 2.36. The second kappa shape index (κ2) is 8.08. The van der Waals surface area contributed by atoms with Gasteiger partial charge < -0.3 is 5.32 Å². The minimum absolute atomic E-state index is 0.0365. The minimum atomic E-state index is -5.04. The van der Waals surface area contributed by atoms with Crippen LogP contribution in [0.3, 0.4) is 0 Å². The lowest BCUT2D eigenvalue weighted by Gasteiger charge is -2.23. The molecule has 1 saturated carbocycles. The molecule has 1 amide bonds. The molecule has 11 heteroatoms. The quantitative estimate of drug-likeness (QED) is 0.239. The van der Waals surface area contributed by atoms with Gasteiger partial charge >= 0.3 is 12.4 Å². The largest absolute Gasteiger partial charge is 0.416 e. The Hall–Kier alpha value is -2.42. The third-order valence-corrected chi connectivity index (χ3v) is 4.35. The van der Waals surface area contributed by atoms with Gasteiger partial charge in [0, 0.05) is 16.5 Å². The molecule has 0 spiro atoms. The van der Waals surface area contributed by atoms with Crippen LogP contribution < -0.4 is 5.32 Å². The number of rotatable bonds is 3. The maximum Gasteiger partial charge on any atom is 0.416 e. The topological polar surface area (TPSA) is 77.9 Å². The summed E-state index contributed by atoms with van der Waals surface area (Å²) in [5.74, 6) is -1.07. The van der Waals surface area contributed by atoms with E-state index in [-0.39, 0.29) is 6.07 Å². The van der Waals surface area contributed by atoms with E-state index in [4.69, 9.17) is 5.53 Å². The molecule has 148 valence electrons. The number of benzene rings is 1. The molecule has 27 heavy (non-hydrogen) atoms. The predicted molar refractivity (Wildman–Crippen MR) is 83.7 cm³/mol. The average molecular weight is 394 g/mol. The number of amides is 1. The highest BCUT2D eigenvalue weighted by atomic mass is 19.4. The Morgan fingerprint density at radius 3 is 2.07 bits per heavy atom. The fraction of sp³-hybridized carbons (Fsp3) is 0.562. The predicted octanol–water partition coefficient (Wildman–Crippen LogP) is 5.47. The van der Waals surface area contributed by atoms with Gasteiger partial charge in [-0.25, -0.2) is 0 Å². The van der Waals surface area contributed by atoms with Gasteiger partial charge in [-0.15, -0.1) is 0 Å². The molecule has 1 aromatic rings. The van der Waals surface area contributed by atoms with Gasteiger partial charge in [-0.2, -0.15) is 26.3 Å². The Balaban J connectivity index is 2.35. The maximum absolute atomic E-state index is 12.9. The number of nitrogens with zero attached hydrogens (tertiary/aromatic N) is 3. The molecule has 0 bridgehead atoms. The zero-order chi connectivity index (χ0) is 20.2. The SMILES string of the molecule is [N-]=[N+]=N[C@H]1CCCCC[C@@H]1NC(=O)c1cc(C(F)(F)F)cc(C(F)(F)F)c1. The number of hydrogen-bond acceptors (Lipinski definition) is 2. The van der Waals surface area contributed by atoms with E-state index in [2.05, 4.69) is 15.3 Å². The van der Waals surface area contributed by atoms with Gasteiger partial charge in [0.25, 0.3) is 5.91 Å². The standard InChI is InChI=1S/C16H16F6N4O/c17-15(18,19)10-6-9(7-11(8-10)16(20,21)22)14(27)24-12-4-2-1-3-5-13(12)25-26-23/h6-8,12-13H,1-5H2,(H,24,27)/t12-,13-/m0/s1. The van der Waals surface area contributed by atoms with Gasteiger partial charge in [0.05, 0.1) is 17.2 Å². The van der Waals surface area contributed by atoms with Crippen LogP contribution in [-0.4, -0.2) is 18.0 Å².